The molecule has 0 radical (unpaired) electrons. The van der Waals surface area contributed by atoms with Crippen LogP contribution in [-0.4, -0.2) is 55.9 Å². The zero-order valence-corrected chi connectivity index (χ0v) is 16.2. The van der Waals surface area contributed by atoms with Crippen LogP contribution in [0.15, 0.2) is 18.3 Å². The van der Waals surface area contributed by atoms with Gasteiger partial charge < -0.3 is 25.1 Å². The molecule has 11 heteroatoms. The lowest BCUT2D eigenvalue weighted by Gasteiger charge is -2.09. The molecule has 0 aliphatic carbocycles. The van der Waals surface area contributed by atoms with Gasteiger partial charge in [0.15, 0.2) is 23.6 Å². The van der Waals surface area contributed by atoms with Crippen molar-refractivity contribution in [3.8, 4) is 17.9 Å². The number of imidazole rings is 1. The number of carboxylic acid groups (broad SMARTS) is 1. The van der Waals surface area contributed by atoms with Crippen molar-refractivity contribution in [1.82, 2.24) is 24.5 Å². The number of pyridine rings is 1. The van der Waals surface area contributed by atoms with Gasteiger partial charge in [-0.1, -0.05) is 19.4 Å². The van der Waals surface area contributed by atoms with E-state index in [2.05, 4.69) is 26.9 Å². The van der Waals surface area contributed by atoms with E-state index < -0.39 is 12.6 Å². The predicted molar refractivity (Wildman–Crippen MR) is 103 cm³/mol. The first-order valence-corrected chi connectivity index (χ1v) is 9.01. The summed E-state index contributed by atoms with van der Waals surface area (Å²) in [6.45, 7) is 2.45. The Hall–Kier alpha value is -3.63. The fraction of sp³-hybridized carbons (Fsp3) is 0.389. The van der Waals surface area contributed by atoms with Gasteiger partial charge >= 0.3 is 12.0 Å². The van der Waals surface area contributed by atoms with Crippen LogP contribution in [0.5, 0.6) is 17.9 Å². The van der Waals surface area contributed by atoms with Gasteiger partial charge in [0.1, 0.15) is 0 Å². The zero-order valence-electron chi connectivity index (χ0n) is 16.2. The summed E-state index contributed by atoms with van der Waals surface area (Å²) in [5.41, 5.74) is 7.73. The molecule has 0 aliphatic rings. The monoisotopic (exact) mass is 402 g/mol. The van der Waals surface area contributed by atoms with E-state index in [0.29, 0.717) is 30.3 Å². The van der Waals surface area contributed by atoms with Gasteiger partial charge in [0, 0.05) is 12.3 Å². The summed E-state index contributed by atoms with van der Waals surface area (Å²) in [7, 11) is 1.50. The summed E-state index contributed by atoms with van der Waals surface area (Å²) in [5.74, 6) is -0.648. The second-order valence-electron chi connectivity index (χ2n) is 6.14. The normalized spacial score (nSPS) is 10.8. The lowest BCUT2D eigenvalue weighted by atomic mass is 10.3. The Morgan fingerprint density at radius 2 is 2.07 bits per heavy atom. The molecule has 11 nitrogen and oxygen atoms in total. The number of aromatic nitrogens is 5. The summed E-state index contributed by atoms with van der Waals surface area (Å²) in [6, 6.07) is 3.85. The molecule has 0 saturated heterocycles. The first kappa shape index (κ1) is 20.1. The molecular weight excluding hydrogens is 380 g/mol. The Bertz CT molecular complexity index is 989. The Morgan fingerprint density at radius 3 is 2.72 bits per heavy atom. The van der Waals surface area contributed by atoms with Crippen molar-refractivity contribution in [3.05, 3.63) is 23.9 Å². The largest absolute Gasteiger partial charge is 0.479 e. The molecule has 154 valence electrons. The summed E-state index contributed by atoms with van der Waals surface area (Å²) >= 11 is 0. The summed E-state index contributed by atoms with van der Waals surface area (Å²) in [6.07, 6.45) is 3.44. The minimum absolute atomic E-state index is 0.183. The quantitative estimate of drug-likeness (QED) is 0.478. The fourth-order valence-corrected chi connectivity index (χ4v) is 2.56. The highest BCUT2D eigenvalue weighted by Gasteiger charge is 2.18. The maximum atomic E-state index is 10.6. The van der Waals surface area contributed by atoms with Crippen LogP contribution in [-0.2, 0) is 11.3 Å². The minimum atomic E-state index is -1.07. The number of nitrogens with zero attached hydrogens (tertiary/aromatic N) is 5. The number of rotatable bonds is 10. The van der Waals surface area contributed by atoms with E-state index >= 15 is 0 Å². The van der Waals surface area contributed by atoms with E-state index in [0.717, 1.165) is 18.4 Å². The van der Waals surface area contributed by atoms with Crippen molar-refractivity contribution in [2.24, 2.45) is 0 Å². The number of anilines is 1. The standard InChI is InChI=1S/C18H22N6O5/c1-3-4-7-28-17-22-15(19)14-16(23-17)24(18(21-14)27-2)9-11-5-6-12(20-8-11)29-10-13(25)26/h5-6,8H,3-4,7,9-10H2,1-2H3,(H,25,26)(H2,19,22,23). The molecule has 0 aromatic carbocycles. The summed E-state index contributed by atoms with van der Waals surface area (Å²) in [4.78, 5) is 27.6. The second-order valence-corrected chi connectivity index (χ2v) is 6.14. The smallest absolute Gasteiger partial charge is 0.341 e. The van der Waals surface area contributed by atoms with E-state index in [1.54, 1.807) is 22.9 Å². The molecule has 3 rings (SSSR count). The number of nitrogen functional groups attached to an aromatic ring is 1. The van der Waals surface area contributed by atoms with E-state index in [1.165, 1.54) is 7.11 Å². The molecule has 0 atom stereocenters. The molecule has 0 bridgehead atoms. The van der Waals surface area contributed by atoms with Gasteiger partial charge in [0.05, 0.1) is 20.3 Å². The van der Waals surface area contributed by atoms with E-state index in [4.69, 9.17) is 25.1 Å². The number of carbonyl (C=O) groups is 1. The van der Waals surface area contributed by atoms with E-state index in [-0.39, 0.29) is 17.7 Å². The van der Waals surface area contributed by atoms with Gasteiger partial charge in [-0.25, -0.2) is 9.78 Å². The third kappa shape index (κ3) is 4.81. The summed E-state index contributed by atoms with van der Waals surface area (Å²) < 4.78 is 17.7. The lowest BCUT2D eigenvalue weighted by molar-refractivity contribution is -0.139. The van der Waals surface area contributed by atoms with Crippen molar-refractivity contribution in [3.63, 3.8) is 0 Å². The number of ether oxygens (including phenoxy) is 3. The highest BCUT2D eigenvalue weighted by molar-refractivity contribution is 5.83. The molecule has 29 heavy (non-hydrogen) atoms. The average Bonchev–Trinajstić information content (AvgIpc) is 3.06. The van der Waals surface area contributed by atoms with Gasteiger partial charge in [-0.15, -0.1) is 0 Å². The first-order valence-electron chi connectivity index (χ1n) is 9.01. The van der Waals surface area contributed by atoms with Crippen LogP contribution >= 0.6 is 0 Å². The number of hydrogen-bond acceptors (Lipinski definition) is 9. The molecule has 3 heterocycles. The first-order chi connectivity index (χ1) is 14.0. The van der Waals surface area contributed by atoms with Crippen molar-refractivity contribution in [1.29, 1.82) is 0 Å². The third-order valence-electron chi connectivity index (χ3n) is 3.96. The van der Waals surface area contributed by atoms with Crippen molar-refractivity contribution in [2.45, 2.75) is 26.3 Å². The Kier molecular flexibility index (Phi) is 6.27. The molecule has 0 spiro atoms. The van der Waals surface area contributed by atoms with Gasteiger partial charge in [-0.3, -0.25) is 4.57 Å². The van der Waals surface area contributed by atoms with Crippen molar-refractivity contribution < 1.29 is 24.1 Å². The minimum Gasteiger partial charge on any atom is -0.479 e. The average molecular weight is 402 g/mol. The number of unbranched alkanes of at least 4 members (excludes halogenated alkanes) is 1. The van der Waals surface area contributed by atoms with E-state index in [9.17, 15) is 4.79 Å². The van der Waals surface area contributed by atoms with Crippen LogP contribution < -0.4 is 19.9 Å². The van der Waals surface area contributed by atoms with Crippen LogP contribution in [0.2, 0.25) is 0 Å². The van der Waals surface area contributed by atoms with Crippen LogP contribution in [0.3, 0.4) is 0 Å². The van der Waals surface area contributed by atoms with Gasteiger partial charge in [-0.05, 0) is 12.0 Å². The number of nitrogens with two attached hydrogens (primary N) is 1. The predicted octanol–water partition coefficient (Wildman–Crippen LogP) is 1.50. The molecular formula is C18H22N6O5. The zero-order chi connectivity index (χ0) is 20.8. The highest BCUT2D eigenvalue weighted by Crippen LogP contribution is 2.26. The number of carboxylic acids is 1. The van der Waals surface area contributed by atoms with Gasteiger partial charge in [-0.2, -0.15) is 15.0 Å². The topological polar surface area (TPSA) is 148 Å². The number of hydrogen-bond donors (Lipinski definition) is 2. The number of methoxy groups -OCH3 is 1. The molecule has 0 unspecified atom stereocenters. The molecule has 0 saturated carbocycles. The lowest BCUT2D eigenvalue weighted by Crippen LogP contribution is -2.10. The molecule has 0 aliphatic heterocycles. The number of aliphatic carboxylic acids is 1. The fourth-order valence-electron chi connectivity index (χ4n) is 2.56. The SMILES string of the molecule is CCCCOc1nc(N)c2nc(OC)n(Cc3ccc(OCC(=O)O)nc3)c2n1. The molecule has 3 N–H and O–H groups in total. The van der Waals surface area contributed by atoms with Crippen molar-refractivity contribution in [2.75, 3.05) is 26.1 Å². The molecule has 3 aromatic rings. The Balaban J connectivity index is 1.87. The van der Waals surface area contributed by atoms with Crippen LogP contribution in [0, 0.1) is 0 Å². The van der Waals surface area contributed by atoms with Crippen molar-refractivity contribution >= 4 is 23.0 Å². The highest BCUT2D eigenvalue weighted by atomic mass is 16.5. The van der Waals surface area contributed by atoms with Crippen LogP contribution in [0.1, 0.15) is 25.3 Å². The van der Waals surface area contributed by atoms with Crippen LogP contribution in [0.25, 0.3) is 11.2 Å². The molecule has 3 aromatic heterocycles. The Morgan fingerprint density at radius 1 is 1.24 bits per heavy atom. The van der Waals surface area contributed by atoms with Crippen LogP contribution in [0.4, 0.5) is 5.82 Å². The molecule has 0 amide bonds. The second kappa shape index (κ2) is 9.04. The van der Waals surface area contributed by atoms with Gasteiger partial charge in [0.2, 0.25) is 5.88 Å². The maximum Gasteiger partial charge on any atom is 0.341 e. The number of fused-ring (bicyclic) bond motifs is 1. The Labute approximate surface area is 166 Å². The van der Waals surface area contributed by atoms with Gasteiger partial charge in [0.25, 0.3) is 6.01 Å². The third-order valence-corrected chi connectivity index (χ3v) is 3.96. The van der Waals surface area contributed by atoms with E-state index in [1.807, 2.05) is 0 Å². The summed E-state index contributed by atoms with van der Waals surface area (Å²) in [5, 5.41) is 8.66. The molecule has 0 fully saturated rings. The maximum absolute atomic E-state index is 10.6.